The van der Waals surface area contributed by atoms with Crippen LogP contribution >= 0.6 is 0 Å². The van der Waals surface area contributed by atoms with E-state index in [-0.39, 0.29) is 5.88 Å². The van der Waals surface area contributed by atoms with Gasteiger partial charge < -0.3 is 5.11 Å². The van der Waals surface area contributed by atoms with Crippen LogP contribution in [0.25, 0.3) is 11.2 Å². The Morgan fingerprint density at radius 3 is 3.00 bits per heavy atom. The average molecular weight is 148 g/mol. The van der Waals surface area contributed by atoms with Crippen molar-refractivity contribution < 1.29 is 5.11 Å². The highest BCUT2D eigenvalue weighted by Crippen LogP contribution is 2.06. The second kappa shape index (κ2) is 2.12. The van der Waals surface area contributed by atoms with E-state index in [0.29, 0.717) is 11.2 Å². The lowest BCUT2D eigenvalue weighted by Gasteiger charge is -1.92. The fourth-order valence-corrected chi connectivity index (χ4v) is 0.765. The molecule has 0 bridgehead atoms. The minimum Gasteiger partial charge on any atom is -0.492 e. The van der Waals surface area contributed by atoms with Crippen molar-refractivity contribution in [1.82, 2.24) is 19.9 Å². The maximum Gasteiger partial charge on any atom is 0.230 e. The van der Waals surface area contributed by atoms with Gasteiger partial charge in [0.2, 0.25) is 5.88 Å². The predicted molar refractivity (Wildman–Crippen MR) is 36.8 cm³/mol. The largest absolute Gasteiger partial charge is 0.492 e. The Hall–Kier alpha value is -1.78. The third-order valence-electron chi connectivity index (χ3n) is 1.21. The molecule has 0 spiro atoms. The molecule has 5 nitrogen and oxygen atoms in total. The summed E-state index contributed by atoms with van der Waals surface area (Å²) in [5, 5.41) is 8.90. The third kappa shape index (κ3) is 0.958. The summed E-state index contributed by atoms with van der Waals surface area (Å²) in [6.45, 7) is 0. The van der Waals surface area contributed by atoms with Gasteiger partial charge in [-0.05, 0) is 0 Å². The van der Waals surface area contributed by atoms with Crippen molar-refractivity contribution in [2.45, 2.75) is 0 Å². The molecule has 1 N–H and O–H groups in total. The van der Waals surface area contributed by atoms with Crippen molar-refractivity contribution in [2.24, 2.45) is 0 Å². The summed E-state index contributed by atoms with van der Waals surface area (Å²) in [6.07, 6.45) is 4.12. The minimum absolute atomic E-state index is 0.118. The standard InChI is InChI=1S/C6H4N4O/c11-5-2-8-6-4(10-5)1-7-3-9-6/h1-3H,(H,10,11). The molecule has 0 amide bonds. The molecule has 2 aromatic heterocycles. The summed E-state index contributed by atoms with van der Waals surface area (Å²) in [7, 11) is 0. The molecule has 0 radical (unpaired) electrons. The van der Waals surface area contributed by atoms with E-state index in [0.717, 1.165) is 0 Å². The van der Waals surface area contributed by atoms with E-state index in [1.54, 1.807) is 0 Å². The lowest BCUT2D eigenvalue weighted by atomic mass is 10.5. The van der Waals surface area contributed by atoms with Crippen molar-refractivity contribution in [3.05, 3.63) is 18.7 Å². The number of hydrogen-bond acceptors (Lipinski definition) is 5. The zero-order chi connectivity index (χ0) is 7.68. The van der Waals surface area contributed by atoms with Crippen LogP contribution in [-0.4, -0.2) is 25.0 Å². The molecular weight excluding hydrogens is 144 g/mol. The first-order valence-electron chi connectivity index (χ1n) is 2.98. The van der Waals surface area contributed by atoms with Crippen molar-refractivity contribution in [3.63, 3.8) is 0 Å². The van der Waals surface area contributed by atoms with Crippen LogP contribution < -0.4 is 0 Å². The fraction of sp³-hybridized carbons (Fsp3) is 0. The Kier molecular flexibility index (Phi) is 1.15. The molecule has 2 aromatic rings. The van der Waals surface area contributed by atoms with Gasteiger partial charge in [-0.25, -0.2) is 19.9 Å². The molecule has 11 heavy (non-hydrogen) atoms. The molecule has 2 rings (SSSR count). The van der Waals surface area contributed by atoms with Gasteiger partial charge in [-0.3, -0.25) is 0 Å². The highest BCUT2D eigenvalue weighted by Gasteiger charge is 1.96. The lowest BCUT2D eigenvalue weighted by Crippen LogP contribution is -1.87. The van der Waals surface area contributed by atoms with Crippen LogP contribution in [0.4, 0.5) is 0 Å². The van der Waals surface area contributed by atoms with Crippen LogP contribution in [0.2, 0.25) is 0 Å². The van der Waals surface area contributed by atoms with Crippen LogP contribution in [0.15, 0.2) is 18.7 Å². The van der Waals surface area contributed by atoms with E-state index in [4.69, 9.17) is 5.11 Å². The lowest BCUT2D eigenvalue weighted by molar-refractivity contribution is 0.453. The van der Waals surface area contributed by atoms with E-state index in [2.05, 4.69) is 19.9 Å². The summed E-state index contributed by atoms with van der Waals surface area (Å²) < 4.78 is 0. The van der Waals surface area contributed by atoms with E-state index >= 15 is 0 Å². The Labute approximate surface area is 61.8 Å². The van der Waals surface area contributed by atoms with Crippen molar-refractivity contribution in [1.29, 1.82) is 0 Å². The predicted octanol–water partition coefficient (Wildman–Crippen LogP) is 0.125. The Balaban J connectivity index is 2.83. The fourth-order valence-electron chi connectivity index (χ4n) is 0.765. The first kappa shape index (κ1) is 5.96. The van der Waals surface area contributed by atoms with E-state index in [9.17, 15) is 0 Å². The molecule has 0 saturated heterocycles. The van der Waals surface area contributed by atoms with Crippen LogP contribution in [0.3, 0.4) is 0 Å². The van der Waals surface area contributed by atoms with E-state index in [1.807, 2.05) is 0 Å². The first-order chi connectivity index (χ1) is 5.36. The molecule has 0 aliphatic carbocycles. The summed E-state index contributed by atoms with van der Waals surface area (Å²) >= 11 is 0. The molecule has 0 aliphatic rings. The number of rotatable bonds is 0. The summed E-state index contributed by atoms with van der Waals surface area (Å²) in [5.74, 6) is -0.118. The zero-order valence-electron chi connectivity index (χ0n) is 5.47. The van der Waals surface area contributed by atoms with Crippen LogP contribution in [0, 0.1) is 0 Å². The molecule has 5 heteroatoms. The second-order valence-corrected chi connectivity index (χ2v) is 1.96. The topological polar surface area (TPSA) is 71.8 Å². The van der Waals surface area contributed by atoms with Gasteiger partial charge in [0, 0.05) is 0 Å². The number of fused-ring (bicyclic) bond motifs is 1. The van der Waals surface area contributed by atoms with Crippen molar-refractivity contribution >= 4 is 11.2 Å². The van der Waals surface area contributed by atoms with Gasteiger partial charge >= 0.3 is 0 Å². The smallest absolute Gasteiger partial charge is 0.230 e. The maximum absolute atomic E-state index is 8.90. The molecule has 54 valence electrons. The molecular formula is C6H4N4O. The van der Waals surface area contributed by atoms with Crippen LogP contribution in [-0.2, 0) is 0 Å². The minimum atomic E-state index is -0.118. The maximum atomic E-state index is 8.90. The van der Waals surface area contributed by atoms with Gasteiger partial charge in [0.15, 0.2) is 5.65 Å². The zero-order valence-corrected chi connectivity index (χ0v) is 5.47. The quantitative estimate of drug-likeness (QED) is 0.574. The van der Waals surface area contributed by atoms with E-state index in [1.165, 1.54) is 18.7 Å². The molecule has 0 aliphatic heterocycles. The number of hydrogen-bond donors (Lipinski definition) is 1. The molecule has 0 atom stereocenters. The number of nitrogens with zero attached hydrogens (tertiary/aromatic N) is 4. The summed E-state index contributed by atoms with van der Waals surface area (Å²) in [6, 6.07) is 0. The number of aromatic hydroxyl groups is 1. The molecule has 0 fully saturated rings. The van der Waals surface area contributed by atoms with Gasteiger partial charge in [-0.2, -0.15) is 0 Å². The van der Waals surface area contributed by atoms with Crippen LogP contribution in [0.5, 0.6) is 5.88 Å². The second-order valence-electron chi connectivity index (χ2n) is 1.96. The third-order valence-corrected chi connectivity index (χ3v) is 1.21. The molecule has 2 heterocycles. The van der Waals surface area contributed by atoms with Gasteiger partial charge in [-0.15, -0.1) is 0 Å². The normalized spacial score (nSPS) is 10.2. The van der Waals surface area contributed by atoms with Crippen molar-refractivity contribution in [2.75, 3.05) is 0 Å². The van der Waals surface area contributed by atoms with Gasteiger partial charge in [-0.1, -0.05) is 0 Å². The Bertz CT molecular complexity index is 389. The highest BCUT2D eigenvalue weighted by molar-refractivity contribution is 5.67. The van der Waals surface area contributed by atoms with Crippen LogP contribution in [0.1, 0.15) is 0 Å². The van der Waals surface area contributed by atoms with Gasteiger partial charge in [0.25, 0.3) is 0 Å². The Morgan fingerprint density at radius 1 is 1.18 bits per heavy atom. The molecule has 0 saturated carbocycles. The van der Waals surface area contributed by atoms with E-state index < -0.39 is 0 Å². The monoisotopic (exact) mass is 148 g/mol. The van der Waals surface area contributed by atoms with Gasteiger partial charge in [0.1, 0.15) is 11.8 Å². The van der Waals surface area contributed by atoms with Crippen molar-refractivity contribution in [3.8, 4) is 5.88 Å². The van der Waals surface area contributed by atoms with Gasteiger partial charge in [0.05, 0.1) is 12.4 Å². The first-order valence-corrected chi connectivity index (χ1v) is 2.98. The number of aromatic nitrogens is 4. The Morgan fingerprint density at radius 2 is 2.09 bits per heavy atom. The molecule has 0 unspecified atom stereocenters. The average Bonchev–Trinajstić information content (AvgIpc) is 2.04. The summed E-state index contributed by atoms with van der Waals surface area (Å²) in [4.78, 5) is 15.1. The SMILES string of the molecule is Oc1cnc2ncncc2n1. The summed E-state index contributed by atoms with van der Waals surface area (Å²) in [5.41, 5.74) is 0.977. The molecule has 0 aromatic carbocycles. The highest BCUT2D eigenvalue weighted by atomic mass is 16.3.